The molecule has 0 aromatic rings. The van der Waals surface area contributed by atoms with Crippen LogP contribution in [0.4, 0.5) is 0 Å². The molecule has 2 aliphatic heterocycles. The van der Waals surface area contributed by atoms with E-state index in [0.717, 1.165) is 6.42 Å². The van der Waals surface area contributed by atoms with Gasteiger partial charge in [-0.15, -0.1) is 0 Å². The maximum atomic E-state index is 14.5. The fraction of sp³-hybridized carbons (Fsp3) is 0.833. The van der Waals surface area contributed by atoms with E-state index < -0.39 is 62.1 Å². The van der Waals surface area contributed by atoms with Gasteiger partial charge in [-0.05, 0) is 66.7 Å². The zero-order valence-electron chi connectivity index (χ0n) is 31.0. The van der Waals surface area contributed by atoms with E-state index in [1.165, 1.54) is 0 Å². The Morgan fingerprint density at radius 1 is 0.957 bits per heavy atom. The molecule has 0 radical (unpaired) electrons. The van der Waals surface area contributed by atoms with Crippen LogP contribution in [-0.2, 0) is 42.9 Å². The first kappa shape index (κ1) is 37.7. The van der Waals surface area contributed by atoms with Crippen molar-refractivity contribution in [3.63, 3.8) is 0 Å². The topological polar surface area (TPSA) is 114 Å². The predicted molar refractivity (Wildman–Crippen MR) is 184 cm³/mol. The van der Waals surface area contributed by atoms with E-state index in [1.54, 1.807) is 20.8 Å². The van der Waals surface area contributed by atoms with Crippen molar-refractivity contribution in [1.29, 1.82) is 0 Å². The number of carbonyl (C=O) groups excluding carboxylic acids is 4. The standard InChI is InChI=1S/C36H60O9Si2/c1-14-34(5,30(39)44-32(46(8,9)10)47(11,12)13)21-35(6,20-33(3,4)29(38)45-36(7)15-16-41-22(2)19-36)31(40)43-26-23-17-24-25(18-23)28(37)42-27(24)26/h23-27,32H,2,14-21H2,1,3-13H3. The Morgan fingerprint density at radius 3 is 2.13 bits per heavy atom. The molecule has 4 aliphatic rings. The van der Waals surface area contributed by atoms with E-state index >= 15 is 0 Å². The summed E-state index contributed by atoms with van der Waals surface area (Å²) >= 11 is 0. The van der Waals surface area contributed by atoms with Crippen LogP contribution in [0.3, 0.4) is 0 Å². The fourth-order valence-electron chi connectivity index (χ4n) is 9.11. The summed E-state index contributed by atoms with van der Waals surface area (Å²) in [6.07, 6.45) is 2.10. The number of rotatable bonds is 13. The maximum Gasteiger partial charge on any atom is 0.312 e. The Balaban J connectivity index is 1.63. The molecule has 2 saturated carbocycles. The van der Waals surface area contributed by atoms with Gasteiger partial charge in [-0.2, -0.15) is 0 Å². The number of fused-ring (bicyclic) bond motifs is 1. The highest BCUT2D eigenvalue weighted by molar-refractivity contribution is 6.96. The molecule has 47 heavy (non-hydrogen) atoms. The molecule has 0 aromatic heterocycles. The van der Waals surface area contributed by atoms with Crippen molar-refractivity contribution < 1.29 is 42.9 Å². The molecular formula is C36H60O9Si2. The average Bonchev–Trinajstić information content (AvgIpc) is 3.54. The van der Waals surface area contributed by atoms with Crippen molar-refractivity contribution in [2.75, 3.05) is 6.61 Å². The Labute approximate surface area is 284 Å². The Kier molecular flexibility index (Phi) is 10.1. The van der Waals surface area contributed by atoms with Crippen molar-refractivity contribution in [1.82, 2.24) is 0 Å². The highest BCUT2D eigenvalue weighted by Crippen LogP contribution is 2.56. The third-order valence-electron chi connectivity index (χ3n) is 11.2. The lowest BCUT2D eigenvalue weighted by Crippen LogP contribution is -2.57. The minimum Gasteiger partial charge on any atom is -0.498 e. The van der Waals surface area contributed by atoms with Crippen LogP contribution >= 0.6 is 0 Å². The summed E-state index contributed by atoms with van der Waals surface area (Å²) in [7, 11) is -3.76. The van der Waals surface area contributed by atoms with Gasteiger partial charge in [0.25, 0.3) is 0 Å². The second-order valence-corrected chi connectivity index (χ2v) is 29.7. The quantitative estimate of drug-likeness (QED) is 0.114. The second kappa shape index (κ2) is 12.6. The molecule has 4 fully saturated rings. The van der Waals surface area contributed by atoms with Gasteiger partial charge < -0.3 is 23.7 Å². The Bertz CT molecular complexity index is 1270. The smallest absolute Gasteiger partial charge is 0.312 e. The monoisotopic (exact) mass is 692 g/mol. The van der Waals surface area contributed by atoms with Gasteiger partial charge in [0, 0.05) is 24.7 Å². The molecule has 266 valence electrons. The van der Waals surface area contributed by atoms with Crippen LogP contribution in [-0.4, -0.2) is 69.8 Å². The van der Waals surface area contributed by atoms with E-state index in [-0.39, 0.29) is 47.9 Å². The van der Waals surface area contributed by atoms with Crippen molar-refractivity contribution >= 4 is 40.0 Å². The zero-order chi connectivity index (χ0) is 35.5. The van der Waals surface area contributed by atoms with Crippen molar-refractivity contribution in [2.45, 2.75) is 149 Å². The first-order valence-electron chi connectivity index (χ1n) is 17.5. The van der Waals surface area contributed by atoms with Crippen LogP contribution in [0.15, 0.2) is 12.3 Å². The molecule has 0 amide bonds. The highest BCUT2D eigenvalue weighted by Gasteiger charge is 2.64. The van der Waals surface area contributed by atoms with Gasteiger partial charge >= 0.3 is 23.9 Å². The largest absolute Gasteiger partial charge is 0.498 e. The Morgan fingerprint density at radius 2 is 1.57 bits per heavy atom. The van der Waals surface area contributed by atoms with Crippen LogP contribution in [0.25, 0.3) is 0 Å². The zero-order valence-corrected chi connectivity index (χ0v) is 33.0. The normalized spacial score (nSPS) is 31.5. The van der Waals surface area contributed by atoms with Gasteiger partial charge in [0.1, 0.15) is 17.8 Å². The van der Waals surface area contributed by atoms with E-state index in [0.29, 0.717) is 38.0 Å². The summed E-state index contributed by atoms with van der Waals surface area (Å²) < 4.78 is 30.1. The van der Waals surface area contributed by atoms with Crippen molar-refractivity contribution in [3.8, 4) is 0 Å². The molecule has 2 aliphatic carbocycles. The molecule has 4 rings (SSSR count). The molecule has 2 heterocycles. The molecule has 8 unspecified atom stereocenters. The summed E-state index contributed by atoms with van der Waals surface area (Å²) in [4.78, 5) is 55.1. The summed E-state index contributed by atoms with van der Waals surface area (Å²) in [5, 5.41) is -0.105. The van der Waals surface area contributed by atoms with Gasteiger partial charge in [0.2, 0.25) is 0 Å². The minimum absolute atomic E-state index is 0.0611. The summed E-state index contributed by atoms with van der Waals surface area (Å²) in [6.45, 7) is 28.8. The molecule has 2 saturated heterocycles. The van der Waals surface area contributed by atoms with E-state index in [9.17, 15) is 19.2 Å². The first-order chi connectivity index (χ1) is 21.3. The average molecular weight is 693 g/mol. The summed E-state index contributed by atoms with van der Waals surface area (Å²) in [6, 6.07) is 0. The minimum atomic E-state index is -1.88. The lowest BCUT2D eigenvalue weighted by molar-refractivity contribution is -0.183. The van der Waals surface area contributed by atoms with E-state index in [1.807, 2.05) is 20.8 Å². The van der Waals surface area contributed by atoms with Crippen molar-refractivity contribution in [2.24, 2.45) is 34.0 Å². The molecule has 0 aromatic carbocycles. The SMILES string of the molecule is C=C1CC(C)(OC(=O)C(C)(C)CC(C)(CC(C)(CC)C(=O)OC([Si](C)(C)C)[Si](C)(C)C)C(=O)OC2C3CC4C(=O)OC2C4C3)CCO1. The molecule has 11 heteroatoms. The summed E-state index contributed by atoms with van der Waals surface area (Å²) in [5.74, 6) is -0.815. The van der Waals surface area contributed by atoms with Crippen LogP contribution in [0, 0.1) is 34.0 Å². The van der Waals surface area contributed by atoms with E-state index in [4.69, 9.17) is 23.7 Å². The first-order valence-corrected chi connectivity index (χ1v) is 24.7. The van der Waals surface area contributed by atoms with Gasteiger partial charge in [0.15, 0.2) is 0 Å². The lowest BCUT2D eigenvalue weighted by Gasteiger charge is -2.44. The molecule has 9 nitrogen and oxygen atoms in total. The highest BCUT2D eigenvalue weighted by atomic mass is 28.4. The Hall–Kier alpha value is -2.15. The lowest BCUT2D eigenvalue weighted by atomic mass is 9.65. The molecular weight excluding hydrogens is 633 g/mol. The van der Waals surface area contributed by atoms with Crippen LogP contribution in [0.1, 0.15) is 86.5 Å². The van der Waals surface area contributed by atoms with Gasteiger partial charge in [0.05, 0.1) is 56.0 Å². The predicted octanol–water partition coefficient (Wildman–Crippen LogP) is 7.00. The number of hydrogen-bond donors (Lipinski definition) is 0. The molecule has 8 atom stereocenters. The van der Waals surface area contributed by atoms with Gasteiger partial charge in [-0.1, -0.05) is 52.8 Å². The van der Waals surface area contributed by atoms with Crippen molar-refractivity contribution in [3.05, 3.63) is 12.3 Å². The second-order valence-electron chi connectivity index (χ2n) is 18.7. The van der Waals surface area contributed by atoms with E-state index in [2.05, 4.69) is 45.9 Å². The third-order valence-corrected chi connectivity index (χ3v) is 19.8. The molecule has 0 N–H and O–H groups in total. The number of hydrogen-bond acceptors (Lipinski definition) is 9. The fourth-order valence-corrected chi connectivity index (χ4v) is 20.4. The maximum absolute atomic E-state index is 14.5. The number of carbonyl (C=O) groups is 4. The number of ether oxygens (including phenoxy) is 5. The van der Waals surface area contributed by atoms with Crippen LogP contribution < -0.4 is 0 Å². The summed E-state index contributed by atoms with van der Waals surface area (Å²) in [5.41, 5.74) is -4.15. The van der Waals surface area contributed by atoms with Crippen LogP contribution in [0.5, 0.6) is 0 Å². The molecule has 2 bridgehead atoms. The van der Waals surface area contributed by atoms with Crippen LogP contribution in [0.2, 0.25) is 39.3 Å². The third kappa shape index (κ3) is 7.70. The van der Waals surface area contributed by atoms with Gasteiger partial charge in [-0.25, -0.2) is 0 Å². The van der Waals surface area contributed by atoms with Gasteiger partial charge in [-0.3, -0.25) is 19.2 Å². The number of esters is 4. The molecule has 0 spiro atoms.